The third-order valence-electron chi connectivity index (χ3n) is 6.06. The van der Waals surface area contributed by atoms with Gasteiger partial charge in [-0.1, -0.05) is 0 Å². The van der Waals surface area contributed by atoms with E-state index >= 15 is 0 Å². The zero-order chi connectivity index (χ0) is 19.7. The fourth-order valence-electron chi connectivity index (χ4n) is 4.26. The number of halogens is 1. The molecule has 150 valence electrons. The third kappa shape index (κ3) is 3.90. The second-order valence-electron chi connectivity index (χ2n) is 8.04. The van der Waals surface area contributed by atoms with Gasteiger partial charge in [-0.05, 0) is 56.0 Å². The normalized spacial score (nSPS) is 21.2. The number of hydrogen-bond donors (Lipinski definition) is 0. The SMILES string of the molecule is Cc1cnn(CC(=O)N2CCC3(CC2)C[C@H](N(C)c2ccc(F)cc2)CO3)c1. The van der Waals surface area contributed by atoms with Gasteiger partial charge < -0.3 is 14.5 Å². The number of ether oxygens (including phenoxy) is 1. The first-order valence-electron chi connectivity index (χ1n) is 9.83. The first-order valence-corrected chi connectivity index (χ1v) is 9.83. The standard InChI is InChI=1S/C21H27FN4O2/c1-16-12-23-26(13-16)14-20(27)25-9-7-21(8-10-25)11-19(15-28-21)24(2)18-5-3-17(22)4-6-18/h3-6,12-13,19H,7-11,14-15H2,1-2H3/t19-/m0/s1. The van der Waals surface area contributed by atoms with Gasteiger partial charge in [0.1, 0.15) is 12.4 Å². The Morgan fingerprint density at radius 3 is 2.68 bits per heavy atom. The highest BCUT2D eigenvalue weighted by molar-refractivity contribution is 5.76. The summed E-state index contributed by atoms with van der Waals surface area (Å²) < 4.78 is 21.1. The summed E-state index contributed by atoms with van der Waals surface area (Å²) in [6, 6.07) is 6.85. The van der Waals surface area contributed by atoms with E-state index < -0.39 is 0 Å². The first-order chi connectivity index (χ1) is 13.4. The topological polar surface area (TPSA) is 50.6 Å². The van der Waals surface area contributed by atoms with Gasteiger partial charge in [0.05, 0.1) is 24.4 Å². The molecule has 1 aromatic carbocycles. The molecule has 1 aromatic heterocycles. The lowest BCUT2D eigenvalue weighted by molar-refractivity contribution is -0.136. The number of aromatic nitrogens is 2. The maximum absolute atomic E-state index is 13.2. The van der Waals surface area contributed by atoms with Crippen LogP contribution in [0.1, 0.15) is 24.8 Å². The van der Waals surface area contributed by atoms with E-state index in [1.54, 1.807) is 23.0 Å². The average Bonchev–Trinajstić information content (AvgIpc) is 3.29. The zero-order valence-corrected chi connectivity index (χ0v) is 16.5. The van der Waals surface area contributed by atoms with Gasteiger partial charge in [-0.25, -0.2) is 4.39 Å². The number of carbonyl (C=O) groups excluding carboxylic acids is 1. The van der Waals surface area contributed by atoms with Gasteiger partial charge in [-0.15, -0.1) is 0 Å². The minimum atomic E-state index is -0.224. The van der Waals surface area contributed by atoms with Crippen molar-refractivity contribution in [3.05, 3.63) is 48.0 Å². The summed E-state index contributed by atoms with van der Waals surface area (Å²) in [5, 5.41) is 4.20. The van der Waals surface area contributed by atoms with Gasteiger partial charge in [0.15, 0.2) is 0 Å². The highest BCUT2D eigenvalue weighted by Gasteiger charge is 2.44. The molecule has 2 fully saturated rings. The minimum Gasteiger partial charge on any atom is -0.373 e. The highest BCUT2D eigenvalue weighted by atomic mass is 19.1. The van der Waals surface area contributed by atoms with Crippen LogP contribution in [0.5, 0.6) is 0 Å². The number of nitrogens with zero attached hydrogens (tertiary/aromatic N) is 4. The Morgan fingerprint density at radius 1 is 1.32 bits per heavy atom. The summed E-state index contributed by atoms with van der Waals surface area (Å²) in [6.07, 6.45) is 6.29. The largest absolute Gasteiger partial charge is 0.373 e. The van der Waals surface area contributed by atoms with Crippen molar-refractivity contribution in [2.45, 2.75) is 44.4 Å². The van der Waals surface area contributed by atoms with Crippen LogP contribution in [-0.2, 0) is 16.1 Å². The van der Waals surface area contributed by atoms with Crippen molar-refractivity contribution in [1.82, 2.24) is 14.7 Å². The molecule has 1 spiro atoms. The highest BCUT2D eigenvalue weighted by Crippen LogP contribution is 2.38. The lowest BCUT2D eigenvalue weighted by Crippen LogP contribution is -2.47. The molecule has 2 saturated heterocycles. The predicted octanol–water partition coefficient (Wildman–Crippen LogP) is 2.62. The Bertz CT molecular complexity index is 827. The van der Waals surface area contributed by atoms with E-state index in [0.29, 0.717) is 19.7 Å². The van der Waals surface area contributed by atoms with Crippen LogP contribution >= 0.6 is 0 Å². The van der Waals surface area contributed by atoms with E-state index in [1.807, 2.05) is 25.1 Å². The number of aryl methyl sites for hydroxylation is 1. The van der Waals surface area contributed by atoms with Crippen molar-refractivity contribution in [2.24, 2.45) is 0 Å². The summed E-state index contributed by atoms with van der Waals surface area (Å²) >= 11 is 0. The van der Waals surface area contributed by atoms with E-state index in [4.69, 9.17) is 4.74 Å². The summed E-state index contributed by atoms with van der Waals surface area (Å²) in [4.78, 5) is 16.6. The van der Waals surface area contributed by atoms with Crippen molar-refractivity contribution < 1.29 is 13.9 Å². The monoisotopic (exact) mass is 386 g/mol. The van der Waals surface area contributed by atoms with Crippen LogP contribution in [0.2, 0.25) is 0 Å². The van der Waals surface area contributed by atoms with Gasteiger partial charge in [0.2, 0.25) is 5.91 Å². The quantitative estimate of drug-likeness (QED) is 0.811. The number of amides is 1. The number of likely N-dealkylation sites (tertiary alicyclic amines) is 1. The summed E-state index contributed by atoms with van der Waals surface area (Å²) in [5.41, 5.74) is 1.90. The van der Waals surface area contributed by atoms with Crippen LogP contribution in [0.3, 0.4) is 0 Å². The van der Waals surface area contributed by atoms with Gasteiger partial charge in [0.25, 0.3) is 0 Å². The molecular weight excluding hydrogens is 359 g/mol. The lowest BCUT2D eigenvalue weighted by Gasteiger charge is -2.39. The van der Waals surface area contributed by atoms with Crippen LogP contribution < -0.4 is 4.90 Å². The number of benzene rings is 1. The molecule has 4 rings (SSSR count). The summed E-state index contributed by atoms with van der Waals surface area (Å²) in [5.74, 6) is -0.116. The molecule has 0 bridgehead atoms. The molecule has 2 aliphatic heterocycles. The van der Waals surface area contributed by atoms with Gasteiger partial charge in [-0.2, -0.15) is 5.10 Å². The zero-order valence-electron chi connectivity index (χ0n) is 16.5. The molecule has 6 nitrogen and oxygen atoms in total. The number of likely N-dealkylation sites (N-methyl/N-ethyl adjacent to an activating group) is 1. The molecule has 2 aliphatic rings. The van der Waals surface area contributed by atoms with E-state index in [2.05, 4.69) is 10.00 Å². The van der Waals surface area contributed by atoms with E-state index in [-0.39, 0.29) is 29.9 Å². The van der Waals surface area contributed by atoms with Crippen LogP contribution in [0.4, 0.5) is 10.1 Å². The average molecular weight is 386 g/mol. The molecular formula is C21H27FN4O2. The number of rotatable bonds is 4. The molecule has 0 N–H and O–H groups in total. The Labute approximate surface area is 164 Å². The van der Waals surface area contributed by atoms with Gasteiger partial charge in [0, 0.05) is 32.0 Å². The number of hydrogen-bond acceptors (Lipinski definition) is 4. The molecule has 2 aromatic rings. The molecule has 28 heavy (non-hydrogen) atoms. The van der Waals surface area contributed by atoms with Crippen molar-refractivity contribution in [3.63, 3.8) is 0 Å². The Morgan fingerprint density at radius 2 is 2.04 bits per heavy atom. The maximum atomic E-state index is 13.2. The first kappa shape index (κ1) is 18.9. The second-order valence-corrected chi connectivity index (χ2v) is 8.04. The second kappa shape index (κ2) is 7.54. The van der Waals surface area contributed by atoms with Crippen molar-refractivity contribution in [2.75, 3.05) is 31.6 Å². The Hall–Kier alpha value is -2.41. The van der Waals surface area contributed by atoms with E-state index in [1.165, 1.54) is 12.1 Å². The van der Waals surface area contributed by atoms with Gasteiger partial charge >= 0.3 is 0 Å². The number of carbonyl (C=O) groups is 1. The minimum absolute atomic E-state index is 0.107. The molecule has 7 heteroatoms. The Kier molecular flexibility index (Phi) is 5.10. The molecule has 0 saturated carbocycles. The molecule has 0 radical (unpaired) electrons. The van der Waals surface area contributed by atoms with Gasteiger partial charge in [-0.3, -0.25) is 9.48 Å². The van der Waals surface area contributed by atoms with E-state index in [0.717, 1.165) is 30.5 Å². The third-order valence-corrected chi connectivity index (χ3v) is 6.06. The van der Waals surface area contributed by atoms with Crippen molar-refractivity contribution in [3.8, 4) is 0 Å². The lowest BCUT2D eigenvalue weighted by atomic mass is 9.87. The number of piperidine rings is 1. The molecule has 0 unspecified atom stereocenters. The predicted molar refractivity (Wildman–Crippen MR) is 105 cm³/mol. The van der Waals surface area contributed by atoms with E-state index in [9.17, 15) is 9.18 Å². The fourth-order valence-corrected chi connectivity index (χ4v) is 4.26. The fraction of sp³-hybridized carbons (Fsp3) is 0.524. The molecule has 3 heterocycles. The van der Waals surface area contributed by atoms with Crippen molar-refractivity contribution >= 4 is 11.6 Å². The van der Waals surface area contributed by atoms with Crippen LogP contribution in [0.15, 0.2) is 36.7 Å². The number of anilines is 1. The molecule has 0 aliphatic carbocycles. The van der Waals surface area contributed by atoms with Crippen LogP contribution in [0.25, 0.3) is 0 Å². The van der Waals surface area contributed by atoms with Crippen LogP contribution in [-0.4, -0.2) is 59.0 Å². The summed E-state index contributed by atoms with van der Waals surface area (Å²) in [7, 11) is 2.03. The summed E-state index contributed by atoms with van der Waals surface area (Å²) in [6.45, 7) is 4.35. The molecule has 1 amide bonds. The van der Waals surface area contributed by atoms with Crippen molar-refractivity contribution in [1.29, 1.82) is 0 Å². The maximum Gasteiger partial charge on any atom is 0.244 e. The smallest absolute Gasteiger partial charge is 0.244 e. The van der Waals surface area contributed by atoms with Crippen LogP contribution in [0, 0.1) is 12.7 Å². The Balaban J connectivity index is 1.32. The molecule has 1 atom stereocenters.